The van der Waals surface area contributed by atoms with E-state index in [0.717, 1.165) is 12.4 Å². The third-order valence-electron chi connectivity index (χ3n) is 2.90. The molecule has 0 N–H and O–H groups in total. The zero-order chi connectivity index (χ0) is 15.6. The number of rotatable bonds is 2. The summed E-state index contributed by atoms with van der Waals surface area (Å²) >= 11 is 0. The Bertz CT molecular complexity index is 625. The van der Waals surface area contributed by atoms with Crippen LogP contribution in [0.1, 0.15) is 32.1 Å². The number of aromatic nitrogens is 2. The van der Waals surface area contributed by atoms with Crippen molar-refractivity contribution < 1.29 is 23.8 Å². The summed E-state index contributed by atoms with van der Waals surface area (Å²) in [4.78, 5) is 23.8. The molecule has 0 amide bonds. The van der Waals surface area contributed by atoms with Gasteiger partial charge in [0, 0.05) is 23.3 Å². The summed E-state index contributed by atoms with van der Waals surface area (Å²) in [6.45, 7) is 3.08. The molecule has 0 bridgehead atoms. The average Bonchev–Trinajstić information content (AvgIpc) is 2.38. The zero-order valence-corrected chi connectivity index (χ0v) is 11.4. The van der Waals surface area contributed by atoms with Crippen LogP contribution in [0, 0.1) is 24.3 Å². The molecule has 0 aromatic carbocycles. The van der Waals surface area contributed by atoms with Gasteiger partial charge in [-0.25, -0.2) is 9.59 Å². The molecule has 0 saturated heterocycles. The first-order valence-corrected chi connectivity index (χ1v) is 6.06. The first-order chi connectivity index (χ1) is 9.91. The zero-order valence-electron chi connectivity index (χ0n) is 11.4. The number of nitrogens with zero attached hydrogens (tertiary/aromatic N) is 2. The first-order valence-electron chi connectivity index (χ1n) is 6.06. The van der Waals surface area contributed by atoms with Gasteiger partial charge >= 0.3 is 23.3 Å². The maximum Gasteiger partial charge on any atom is 0.413 e. The van der Waals surface area contributed by atoms with Crippen LogP contribution in [0.5, 0.6) is 0 Å². The van der Waals surface area contributed by atoms with Gasteiger partial charge < -0.3 is 15.2 Å². The summed E-state index contributed by atoms with van der Waals surface area (Å²) in [6, 6.07) is 6.01. The number of esters is 2. The molecule has 0 aliphatic carbocycles. The molecule has 2 aromatic rings. The molecule has 7 nitrogen and oxygen atoms in total. The van der Waals surface area contributed by atoms with Gasteiger partial charge in [-0.1, -0.05) is 0 Å². The van der Waals surface area contributed by atoms with E-state index in [0.29, 0.717) is 20.6 Å². The Morgan fingerprint density at radius 3 is 1.62 bits per heavy atom. The van der Waals surface area contributed by atoms with Crippen LogP contribution in [-0.2, 0) is 4.74 Å². The third-order valence-corrected chi connectivity index (χ3v) is 2.90. The average molecular weight is 288 g/mol. The molecule has 0 spiro atoms. The maximum atomic E-state index is 11.9. The van der Waals surface area contributed by atoms with E-state index in [9.17, 15) is 20.0 Å². The van der Waals surface area contributed by atoms with Crippen LogP contribution >= 0.6 is 0 Å². The number of ether oxygens (including phenoxy) is 1. The van der Waals surface area contributed by atoms with Crippen LogP contribution in [0.3, 0.4) is 0 Å². The number of hydrogen-bond donors (Lipinski definition) is 0. The third kappa shape index (κ3) is 2.81. The topological polar surface area (TPSA) is 97.2 Å². The number of carbonyl (C=O) groups excluding carboxylic acids is 2. The lowest BCUT2D eigenvalue weighted by atomic mass is 10.2. The number of carbonyl (C=O) groups is 2. The normalized spacial score (nSPS) is 10.2. The van der Waals surface area contributed by atoms with Gasteiger partial charge in [-0.05, 0) is 26.0 Å². The number of hydrogen-bond acceptors (Lipinski definition) is 5. The summed E-state index contributed by atoms with van der Waals surface area (Å²) in [5, 5.41) is 23.1. The van der Waals surface area contributed by atoms with Crippen LogP contribution in [0.25, 0.3) is 0 Å². The van der Waals surface area contributed by atoms with Gasteiger partial charge in [-0.3, -0.25) is 0 Å². The Morgan fingerprint density at radius 2 is 1.29 bits per heavy atom. The van der Waals surface area contributed by atoms with Crippen LogP contribution in [0.15, 0.2) is 36.7 Å². The second kappa shape index (κ2) is 5.58. The minimum atomic E-state index is -1.10. The molecule has 108 valence electrons. The molecule has 0 aliphatic heterocycles. The largest absolute Gasteiger partial charge is 0.618 e. The predicted molar refractivity (Wildman–Crippen MR) is 70.0 cm³/mol. The van der Waals surface area contributed by atoms with Gasteiger partial charge in [0.2, 0.25) is 0 Å². The van der Waals surface area contributed by atoms with Crippen molar-refractivity contribution in [1.82, 2.24) is 0 Å². The van der Waals surface area contributed by atoms with E-state index >= 15 is 0 Å². The summed E-state index contributed by atoms with van der Waals surface area (Å²) in [6.07, 6.45) is 2.24. The van der Waals surface area contributed by atoms with Gasteiger partial charge in [-0.15, -0.1) is 0 Å². The van der Waals surface area contributed by atoms with E-state index in [4.69, 9.17) is 0 Å². The molecule has 0 saturated carbocycles. The van der Waals surface area contributed by atoms with Crippen molar-refractivity contribution in [3.8, 4) is 0 Å². The lowest BCUT2D eigenvalue weighted by Crippen LogP contribution is -2.39. The van der Waals surface area contributed by atoms with Crippen molar-refractivity contribution in [1.29, 1.82) is 0 Å². The monoisotopic (exact) mass is 288 g/mol. The lowest BCUT2D eigenvalue weighted by molar-refractivity contribution is -0.609. The van der Waals surface area contributed by atoms with Crippen molar-refractivity contribution in [2.45, 2.75) is 13.8 Å². The van der Waals surface area contributed by atoms with E-state index < -0.39 is 11.9 Å². The highest BCUT2D eigenvalue weighted by Gasteiger charge is 2.29. The van der Waals surface area contributed by atoms with E-state index in [1.54, 1.807) is 0 Å². The molecule has 0 unspecified atom stereocenters. The Morgan fingerprint density at radius 1 is 0.905 bits per heavy atom. The summed E-state index contributed by atoms with van der Waals surface area (Å²) in [5.41, 5.74) is 0.143. The Balaban J connectivity index is 2.30. The van der Waals surface area contributed by atoms with Crippen LogP contribution in [-0.4, -0.2) is 11.9 Å². The van der Waals surface area contributed by atoms with Gasteiger partial charge in [0.15, 0.2) is 12.4 Å². The fraction of sp³-hybridized carbons (Fsp3) is 0.143. The Kier molecular flexibility index (Phi) is 3.84. The minimum Gasteiger partial charge on any atom is -0.618 e. The van der Waals surface area contributed by atoms with Gasteiger partial charge in [0.05, 0.1) is 0 Å². The van der Waals surface area contributed by atoms with Crippen LogP contribution in [0.4, 0.5) is 0 Å². The molecule has 0 fully saturated rings. The van der Waals surface area contributed by atoms with E-state index in [-0.39, 0.29) is 11.4 Å². The van der Waals surface area contributed by atoms with Crippen molar-refractivity contribution in [3.05, 3.63) is 69.6 Å². The second-order valence-corrected chi connectivity index (χ2v) is 4.41. The standard InChI is InChI=1S/C14H12N2O5/c1-9-5-3-7-15(19)11(9)13(17)21-14(18)12-10(2)6-4-8-16(12)20/h3-8H,1-2H3. The van der Waals surface area contributed by atoms with Crippen molar-refractivity contribution in [2.24, 2.45) is 0 Å². The fourth-order valence-corrected chi connectivity index (χ4v) is 1.87. The summed E-state index contributed by atoms with van der Waals surface area (Å²) in [5.74, 6) is -2.20. The molecular formula is C14H12N2O5. The molecule has 21 heavy (non-hydrogen) atoms. The Labute approximate surface area is 120 Å². The SMILES string of the molecule is Cc1ccc[n+]([O-])c1C(=O)OC(=O)c1c(C)ccc[n+]1[O-]. The highest BCUT2D eigenvalue weighted by Crippen LogP contribution is 2.08. The summed E-state index contributed by atoms with van der Waals surface area (Å²) in [7, 11) is 0. The number of pyridine rings is 2. The van der Waals surface area contributed by atoms with E-state index in [1.807, 2.05) is 0 Å². The molecular weight excluding hydrogens is 276 g/mol. The molecule has 7 heteroatoms. The molecule has 2 aromatic heterocycles. The highest BCUT2D eigenvalue weighted by molar-refractivity contribution is 6.00. The molecule has 0 aliphatic rings. The molecule has 0 atom stereocenters. The quantitative estimate of drug-likeness (QED) is 0.348. The fourth-order valence-electron chi connectivity index (χ4n) is 1.87. The Hall–Kier alpha value is -2.96. The van der Waals surface area contributed by atoms with Gasteiger partial charge in [-0.2, -0.15) is 9.46 Å². The highest BCUT2D eigenvalue weighted by atomic mass is 16.6. The smallest absolute Gasteiger partial charge is 0.413 e. The minimum absolute atomic E-state index is 0.295. The molecule has 2 heterocycles. The van der Waals surface area contributed by atoms with Gasteiger partial charge in [0.1, 0.15) is 0 Å². The van der Waals surface area contributed by atoms with Crippen molar-refractivity contribution >= 4 is 11.9 Å². The lowest BCUT2D eigenvalue weighted by Gasteiger charge is -2.07. The second-order valence-electron chi connectivity index (χ2n) is 4.41. The van der Waals surface area contributed by atoms with Crippen LogP contribution in [0.2, 0.25) is 0 Å². The molecule has 2 rings (SSSR count). The van der Waals surface area contributed by atoms with Crippen molar-refractivity contribution in [2.75, 3.05) is 0 Å². The van der Waals surface area contributed by atoms with Crippen molar-refractivity contribution in [3.63, 3.8) is 0 Å². The van der Waals surface area contributed by atoms with Gasteiger partial charge in [0.25, 0.3) is 0 Å². The maximum absolute atomic E-state index is 11.9. The summed E-state index contributed by atoms with van der Waals surface area (Å²) < 4.78 is 5.25. The predicted octanol–water partition coefficient (Wildman–Crippen LogP) is 0.567. The number of aryl methyl sites for hydroxylation is 2. The van der Waals surface area contributed by atoms with E-state index in [1.165, 1.54) is 38.1 Å². The van der Waals surface area contributed by atoms with E-state index in [2.05, 4.69) is 4.74 Å². The molecule has 0 radical (unpaired) electrons. The van der Waals surface area contributed by atoms with Crippen LogP contribution < -0.4 is 9.46 Å². The first kappa shape index (κ1) is 14.4.